The van der Waals surface area contributed by atoms with Gasteiger partial charge in [-0.25, -0.2) is 0 Å². The maximum atomic E-state index is 11.3. The molecular formula is C30H55N3O9. The van der Waals surface area contributed by atoms with Crippen LogP contribution in [0.4, 0.5) is 0 Å². The summed E-state index contributed by atoms with van der Waals surface area (Å²) < 4.78 is 16.8. The van der Waals surface area contributed by atoms with Crippen LogP contribution in [0.1, 0.15) is 77.6 Å². The largest absolute Gasteiger partial charge is 0.480 e. The van der Waals surface area contributed by atoms with Gasteiger partial charge in [-0.3, -0.25) is 29.5 Å². The van der Waals surface area contributed by atoms with E-state index in [2.05, 4.69) is 12.2 Å². The molecule has 42 heavy (non-hydrogen) atoms. The van der Waals surface area contributed by atoms with Crippen LogP contribution in [0.2, 0.25) is 0 Å². The Kier molecular flexibility index (Phi) is 18.9. The van der Waals surface area contributed by atoms with E-state index >= 15 is 0 Å². The molecule has 1 aliphatic carbocycles. The van der Waals surface area contributed by atoms with Crippen LogP contribution in [0.25, 0.3) is 0 Å². The molecule has 0 bridgehead atoms. The van der Waals surface area contributed by atoms with Crippen molar-refractivity contribution in [3.8, 4) is 0 Å². The van der Waals surface area contributed by atoms with Crippen LogP contribution in [0.3, 0.4) is 0 Å². The number of carboxylic acids is 3. The molecule has 2 aliphatic rings. The van der Waals surface area contributed by atoms with Gasteiger partial charge in [0.25, 0.3) is 0 Å². The van der Waals surface area contributed by atoms with Crippen molar-refractivity contribution in [3.63, 3.8) is 0 Å². The third kappa shape index (κ3) is 18.7. The Morgan fingerprint density at radius 1 is 0.762 bits per heavy atom. The normalized spacial score (nSPS) is 23.5. The van der Waals surface area contributed by atoms with Crippen molar-refractivity contribution >= 4 is 17.9 Å². The lowest BCUT2D eigenvalue weighted by Crippen LogP contribution is -2.37. The highest BCUT2D eigenvalue weighted by Gasteiger charge is 2.39. The first-order valence-corrected chi connectivity index (χ1v) is 15.9. The summed E-state index contributed by atoms with van der Waals surface area (Å²) in [4.78, 5) is 36.1. The van der Waals surface area contributed by atoms with Crippen LogP contribution in [0, 0.1) is 11.8 Å². The van der Waals surface area contributed by atoms with Crippen LogP contribution < -0.4 is 5.32 Å². The quantitative estimate of drug-likeness (QED) is 0.106. The number of ether oxygens (including phenoxy) is 3. The number of nitrogens with zero attached hydrogens (tertiary/aromatic N) is 2. The minimum atomic E-state index is -1.10. The zero-order chi connectivity index (χ0) is 30.6. The topological polar surface area (TPSA) is 161 Å². The van der Waals surface area contributed by atoms with Crippen molar-refractivity contribution < 1.29 is 43.9 Å². The maximum Gasteiger partial charge on any atom is 0.317 e. The van der Waals surface area contributed by atoms with E-state index in [-0.39, 0.29) is 51.7 Å². The summed E-state index contributed by atoms with van der Waals surface area (Å²) in [5.74, 6) is -1.40. The van der Waals surface area contributed by atoms with Gasteiger partial charge < -0.3 is 29.5 Å². The summed E-state index contributed by atoms with van der Waals surface area (Å²) in [5, 5.41) is 30.5. The SMILES string of the molecule is CC1CCCCCCC(CCCNC2OC2CN(CCOCCOCCN(CC(=O)O)CC(=O)O)CC(=O)O)CCC1. The second kappa shape index (κ2) is 21.8. The summed E-state index contributed by atoms with van der Waals surface area (Å²) in [6.07, 6.45) is 14.7. The van der Waals surface area contributed by atoms with Crippen molar-refractivity contribution in [2.24, 2.45) is 11.8 Å². The zero-order valence-electron chi connectivity index (χ0n) is 25.6. The molecule has 1 saturated carbocycles. The molecule has 12 heteroatoms. The molecular weight excluding hydrogens is 546 g/mol. The molecule has 0 amide bonds. The minimum Gasteiger partial charge on any atom is -0.480 e. The minimum absolute atomic E-state index is 0.0221. The molecule has 4 atom stereocenters. The first-order chi connectivity index (χ1) is 20.2. The molecule has 0 aromatic carbocycles. The first-order valence-electron chi connectivity index (χ1n) is 15.9. The molecule has 244 valence electrons. The number of rotatable bonds is 22. The highest BCUT2D eigenvalue weighted by molar-refractivity contribution is 5.72. The fourth-order valence-electron chi connectivity index (χ4n) is 5.69. The molecule has 2 rings (SSSR count). The second-order valence-electron chi connectivity index (χ2n) is 11.9. The maximum absolute atomic E-state index is 11.3. The number of carbonyl (C=O) groups is 3. The number of aliphatic carboxylic acids is 3. The smallest absolute Gasteiger partial charge is 0.317 e. The van der Waals surface area contributed by atoms with Gasteiger partial charge in [-0.15, -0.1) is 0 Å². The molecule has 0 spiro atoms. The number of carboxylic acid groups (broad SMARTS) is 3. The van der Waals surface area contributed by atoms with Crippen LogP contribution in [0.5, 0.6) is 0 Å². The third-order valence-corrected chi connectivity index (χ3v) is 8.08. The average molecular weight is 602 g/mol. The number of hydrogen-bond acceptors (Lipinski definition) is 9. The van der Waals surface area contributed by atoms with Gasteiger partial charge in [0, 0.05) is 19.6 Å². The molecule has 0 aromatic rings. The second-order valence-corrected chi connectivity index (χ2v) is 11.9. The van der Waals surface area contributed by atoms with E-state index in [1.54, 1.807) is 0 Å². The lowest BCUT2D eigenvalue weighted by atomic mass is 9.90. The van der Waals surface area contributed by atoms with Crippen LogP contribution in [0.15, 0.2) is 0 Å². The molecule has 12 nitrogen and oxygen atoms in total. The predicted octanol–water partition coefficient (Wildman–Crippen LogP) is 2.75. The van der Waals surface area contributed by atoms with Crippen LogP contribution in [-0.2, 0) is 28.6 Å². The van der Waals surface area contributed by atoms with E-state index in [0.29, 0.717) is 26.3 Å². The van der Waals surface area contributed by atoms with E-state index in [0.717, 1.165) is 24.8 Å². The number of epoxide rings is 1. The Morgan fingerprint density at radius 3 is 1.95 bits per heavy atom. The molecule has 1 heterocycles. The van der Waals surface area contributed by atoms with Gasteiger partial charge in [0.1, 0.15) is 12.3 Å². The molecule has 1 aliphatic heterocycles. The van der Waals surface area contributed by atoms with Crippen LogP contribution in [-0.4, -0.2) is 128 Å². The lowest BCUT2D eigenvalue weighted by Gasteiger charge is -2.19. The molecule has 1 saturated heterocycles. The van der Waals surface area contributed by atoms with Crippen molar-refractivity contribution in [1.29, 1.82) is 0 Å². The van der Waals surface area contributed by atoms with Gasteiger partial charge in [-0.2, -0.15) is 0 Å². The van der Waals surface area contributed by atoms with E-state index < -0.39 is 17.9 Å². The van der Waals surface area contributed by atoms with Crippen LogP contribution >= 0.6 is 0 Å². The lowest BCUT2D eigenvalue weighted by molar-refractivity contribution is -0.142. The average Bonchev–Trinajstić information content (AvgIpc) is 3.65. The van der Waals surface area contributed by atoms with Crippen molar-refractivity contribution in [2.75, 3.05) is 72.2 Å². The molecule has 4 unspecified atom stereocenters. The molecule has 0 aromatic heterocycles. The fraction of sp³-hybridized carbons (Fsp3) is 0.900. The predicted molar refractivity (Wildman–Crippen MR) is 158 cm³/mol. The monoisotopic (exact) mass is 601 g/mol. The summed E-state index contributed by atoms with van der Waals surface area (Å²) in [7, 11) is 0. The Hall–Kier alpha value is -1.83. The molecule has 2 fully saturated rings. The van der Waals surface area contributed by atoms with Gasteiger partial charge >= 0.3 is 17.9 Å². The Bertz CT molecular complexity index is 756. The number of hydrogen-bond donors (Lipinski definition) is 4. The summed E-state index contributed by atoms with van der Waals surface area (Å²) in [6.45, 7) is 4.73. The van der Waals surface area contributed by atoms with Crippen molar-refractivity contribution in [2.45, 2.75) is 89.9 Å². The highest BCUT2D eigenvalue weighted by Crippen LogP contribution is 2.27. The third-order valence-electron chi connectivity index (χ3n) is 8.08. The first kappa shape index (κ1) is 36.4. The van der Waals surface area contributed by atoms with E-state index in [9.17, 15) is 19.5 Å². The molecule has 0 radical (unpaired) electrons. The van der Waals surface area contributed by atoms with Gasteiger partial charge in [-0.1, -0.05) is 64.7 Å². The summed E-state index contributed by atoms with van der Waals surface area (Å²) in [5.41, 5.74) is 0. The summed E-state index contributed by atoms with van der Waals surface area (Å²) in [6, 6.07) is 0. The van der Waals surface area contributed by atoms with Gasteiger partial charge in [0.05, 0.1) is 46.1 Å². The standard InChI is InChI=1S/C30H55N3O9/c1-24-8-4-2-3-5-10-25(11-6-9-24)12-7-13-31-30-26(42-30)20-32(21-27(34)35)14-16-40-18-19-41-17-15-33(22-28(36)37)23-29(38)39/h24-26,30-31H,2-23H2,1H3,(H,34,35)(H,36,37)(H,38,39). The van der Waals surface area contributed by atoms with E-state index in [1.807, 2.05) is 4.90 Å². The van der Waals surface area contributed by atoms with Gasteiger partial charge in [0.15, 0.2) is 0 Å². The Labute approximate surface area is 251 Å². The zero-order valence-corrected chi connectivity index (χ0v) is 25.6. The van der Waals surface area contributed by atoms with Crippen molar-refractivity contribution in [3.05, 3.63) is 0 Å². The Morgan fingerprint density at radius 2 is 1.31 bits per heavy atom. The number of nitrogens with one attached hydrogen (secondary N) is 1. The van der Waals surface area contributed by atoms with Crippen molar-refractivity contribution in [1.82, 2.24) is 15.1 Å². The van der Waals surface area contributed by atoms with E-state index in [4.69, 9.17) is 24.4 Å². The van der Waals surface area contributed by atoms with Gasteiger partial charge in [-0.05, 0) is 31.2 Å². The fourth-order valence-corrected chi connectivity index (χ4v) is 5.69. The summed E-state index contributed by atoms with van der Waals surface area (Å²) >= 11 is 0. The molecule has 4 N–H and O–H groups in total. The van der Waals surface area contributed by atoms with Gasteiger partial charge in [0.2, 0.25) is 0 Å². The highest BCUT2D eigenvalue weighted by atomic mass is 16.6. The van der Waals surface area contributed by atoms with E-state index in [1.165, 1.54) is 69.1 Å². The Balaban J connectivity index is 1.55.